The van der Waals surface area contributed by atoms with Gasteiger partial charge < -0.3 is 9.47 Å². The Morgan fingerprint density at radius 2 is 0.837 bits per heavy atom. The Morgan fingerprint density at radius 1 is 0.512 bits per heavy atom. The normalized spacial score (nSPS) is 21.7. The predicted molar refractivity (Wildman–Crippen MR) is 154 cm³/mol. The Kier molecular flexibility index (Phi) is 11.0. The maximum absolute atomic E-state index is 12.2. The van der Waals surface area contributed by atoms with Crippen molar-refractivity contribution in [3.8, 4) is 0 Å². The van der Waals surface area contributed by atoms with Crippen molar-refractivity contribution in [1.29, 1.82) is 0 Å². The molecule has 2 aromatic carbocycles. The lowest BCUT2D eigenvalue weighted by Crippen LogP contribution is -2.28. The van der Waals surface area contributed by atoms with Gasteiger partial charge in [0.05, 0.1) is 11.1 Å². The molecule has 2 saturated carbocycles. The third-order valence-corrected chi connectivity index (χ3v) is 8.07. The van der Waals surface area contributed by atoms with Gasteiger partial charge in [-0.1, -0.05) is 34.4 Å². The van der Waals surface area contributed by atoms with Crippen LogP contribution in [0.5, 0.6) is 0 Å². The number of rotatable bonds is 6. The van der Waals surface area contributed by atoms with Gasteiger partial charge in [-0.2, -0.15) is 9.59 Å². The van der Waals surface area contributed by atoms with Crippen molar-refractivity contribution in [2.45, 2.75) is 97.7 Å². The molecule has 2 fully saturated rings. The van der Waals surface area contributed by atoms with Crippen LogP contribution in [0.3, 0.4) is 0 Å². The fraction of sp³-hybridized carbons (Fsp3) is 0.515. The number of hydrogen-bond acceptors (Lipinski definition) is 10. The van der Waals surface area contributed by atoms with Crippen LogP contribution in [0.1, 0.15) is 101 Å². The van der Waals surface area contributed by atoms with E-state index in [4.69, 9.17) is 9.47 Å². The monoisotopic (exact) mass is 596 g/mol. The van der Waals surface area contributed by atoms with Gasteiger partial charge in [-0.25, -0.2) is 29.1 Å². The van der Waals surface area contributed by atoms with Crippen molar-refractivity contribution in [3.63, 3.8) is 0 Å². The van der Waals surface area contributed by atoms with Gasteiger partial charge in [0.25, 0.3) is 0 Å². The lowest BCUT2D eigenvalue weighted by atomic mass is 9.76. The van der Waals surface area contributed by atoms with E-state index in [1.807, 2.05) is 39.8 Å². The van der Waals surface area contributed by atoms with E-state index in [1.165, 1.54) is 0 Å². The molecule has 2 aliphatic rings. The van der Waals surface area contributed by atoms with Gasteiger partial charge in [-0.15, -0.1) is 0 Å². The topological polar surface area (TPSA) is 124 Å². The van der Waals surface area contributed by atoms with Crippen LogP contribution >= 0.6 is 0 Å². The molecule has 0 bridgehead atoms. The molecule has 0 spiro atoms. The van der Waals surface area contributed by atoms with E-state index in [1.54, 1.807) is 24.3 Å². The molecule has 0 amide bonds. The second-order valence-corrected chi connectivity index (χ2v) is 11.9. The molecule has 0 atom stereocenters. The zero-order valence-corrected chi connectivity index (χ0v) is 25.2. The summed E-state index contributed by atoms with van der Waals surface area (Å²) < 4.78 is 10.7. The van der Waals surface area contributed by atoms with E-state index in [2.05, 4.69) is 19.6 Å². The molecule has 0 unspecified atom stereocenters. The van der Waals surface area contributed by atoms with Crippen LogP contribution in [0.15, 0.2) is 36.4 Å². The van der Waals surface area contributed by atoms with Gasteiger partial charge in [0.2, 0.25) is 0 Å². The van der Waals surface area contributed by atoms with Crippen LogP contribution in [0, 0.1) is 39.5 Å². The van der Waals surface area contributed by atoms with Crippen molar-refractivity contribution in [2.24, 2.45) is 11.8 Å². The molecule has 4 rings (SSSR count). The minimum Gasteiger partial charge on any atom is -0.428 e. The molecule has 0 heterocycles. The molecule has 2 aliphatic carbocycles. The molecule has 2 aromatic rings. The van der Waals surface area contributed by atoms with E-state index >= 15 is 0 Å². The van der Waals surface area contributed by atoms with E-state index in [-0.39, 0.29) is 12.2 Å². The first kappa shape index (κ1) is 31.8. The summed E-state index contributed by atoms with van der Waals surface area (Å²) in [4.78, 5) is 67.0. The second-order valence-electron chi connectivity index (χ2n) is 11.9. The van der Waals surface area contributed by atoms with Gasteiger partial charge >= 0.3 is 24.2 Å². The summed E-state index contributed by atoms with van der Waals surface area (Å²) in [5.41, 5.74) is 4.23. The first-order chi connectivity index (χ1) is 20.5. The van der Waals surface area contributed by atoms with Crippen LogP contribution in [-0.4, -0.2) is 36.5 Å². The van der Waals surface area contributed by atoms with E-state index in [0.29, 0.717) is 23.0 Å². The van der Waals surface area contributed by atoms with Crippen molar-refractivity contribution in [3.05, 3.63) is 69.8 Å². The summed E-state index contributed by atoms with van der Waals surface area (Å²) in [6.45, 7) is 7.46. The number of ether oxygens (including phenoxy) is 2. The largest absolute Gasteiger partial charge is 0.550 e. The van der Waals surface area contributed by atoms with Crippen molar-refractivity contribution >= 4 is 24.2 Å². The number of aryl methyl sites for hydroxylation is 4. The molecule has 0 aliphatic heterocycles. The van der Waals surface area contributed by atoms with Crippen LogP contribution < -0.4 is 0 Å². The average molecular weight is 597 g/mol. The van der Waals surface area contributed by atoms with Crippen LogP contribution in [-0.2, 0) is 29.0 Å². The zero-order chi connectivity index (χ0) is 30.9. The number of benzene rings is 2. The Balaban J connectivity index is 1.08. The molecular formula is C33H40O10. The van der Waals surface area contributed by atoms with Crippen LogP contribution in [0.25, 0.3) is 0 Å². The molecule has 10 nitrogen and oxygen atoms in total. The van der Waals surface area contributed by atoms with Gasteiger partial charge in [0, 0.05) is 0 Å². The number of carbonyl (C=O) groups excluding carboxylic acids is 4. The third kappa shape index (κ3) is 10.0. The van der Waals surface area contributed by atoms with Crippen LogP contribution in [0.4, 0.5) is 9.59 Å². The first-order valence-corrected chi connectivity index (χ1v) is 14.9. The molecular weight excluding hydrogens is 556 g/mol. The summed E-state index contributed by atoms with van der Waals surface area (Å²) in [5, 5.41) is 0. The summed E-state index contributed by atoms with van der Waals surface area (Å²) in [6, 6.07) is 10.5. The molecule has 0 saturated heterocycles. The van der Waals surface area contributed by atoms with E-state index in [9.17, 15) is 19.2 Å². The smallest absolute Gasteiger partial charge is 0.428 e. The van der Waals surface area contributed by atoms with E-state index in [0.717, 1.165) is 80.0 Å². The second kappa shape index (κ2) is 14.9. The van der Waals surface area contributed by atoms with E-state index < -0.39 is 24.2 Å². The molecule has 232 valence electrons. The van der Waals surface area contributed by atoms with Gasteiger partial charge in [0.1, 0.15) is 12.2 Å². The van der Waals surface area contributed by atoms with Gasteiger partial charge in [0.15, 0.2) is 0 Å². The lowest BCUT2D eigenvalue weighted by Gasteiger charge is -2.33. The molecule has 0 radical (unpaired) electrons. The summed E-state index contributed by atoms with van der Waals surface area (Å²) in [7, 11) is 0. The van der Waals surface area contributed by atoms with Gasteiger partial charge in [-0.05, 0) is 122 Å². The Hall–Kier alpha value is -4.08. The highest BCUT2D eigenvalue weighted by atomic mass is 17.2. The molecule has 10 heteroatoms. The quantitative estimate of drug-likeness (QED) is 0.187. The fourth-order valence-corrected chi connectivity index (χ4v) is 6.18. The molecule has 0 N–H and O–H groups in total. The summed E-state index contributed by atoms with van der Waals surface area (Å²) in [6.07, 6.45) is 5.06. The predicted octanol–water partition coefficient (Wildman–Crippen LogP) is 7.58. The zero-order valence-electron chi connectivity index (χ0n) is 25.2. The first-order valence-electron chi connectivity index (χ1n) is 14.9. The highest BCUT2D eigenvalue weighted by Crippen LogP contribution is 2.37. The van der Waals surface area contributed by atoms with Gasteiger partial charge in [-0.3, -0.25) is 0 Å². The summed E-state index contributed by atoms with van der Waals surface area (Å²) >= 11 is 0. The Bertz CT molecular complexity index is 1160. The molecule has 0 aromatic heterocycles. The standard InChI is InChI=1S/C33H40O10/c1-20-13-21(2)16-26(15-20)30(34)40-42-32(36)38-28-9-5-24(6-10-28)19-25-7-11-29(12-8-25)39-33(37)43-41-31(35)27-17-22(3)14-23(4)18-27/h13-18,24-25,28-29H,5-12,19H2,1-4H3. The van der Waals surface area contributed by atoms with Crippen molar-refractivity contribution in [2.75, 3.05) is 0 Å². The fourth-order valence-electron chi connectivity index (χ4n) is 6.18. The Labute approximate surface area is 251 Å². The highest BCUT2D eigenvalue weighted by molar-refractivity contribution is 5.90. The number of carbonyl (C=O) groups is 4. The summed E-state index contributed by atoms with van der Waals surface area (Å²) in [5.74, 6) is -0.451. The maximum Gasteiger partial charge on any atom is 0.550 e. The van der Waals surface area contributed by atoms with Crippen LogP contribution in [0.2, 0.25) is 0 Å². The lowest BCUT2D eigenvalue weighted by molar-refractivity contribution is -0.208. The number of hydrogen-bond donors (Lipinski definition) is 0. The highest BCUT2D eigenvalue weighted by Gasteiger charge is 2.30. The van der Waals surface area contributed by atoms with Crippen molar-refractivity contribution < 1.29 is 48.2 Å². The average Bonchev–Trinajstić information content (AvgIpc) is 2.95. The minimum absolute atomic E-state index is 0.275. The SMILES string of the molecule is Cc1cc(C)cc(C(=O)OOC(=O)OC2CCC(CC3CCC(OC(=O)OOC(=O)c4cc(C)cc(C)c4)CC3)CC2)c1. The third-order valence-electron chi connectivity index (χ3n) is 8.07. The molecule has 43 heavy (non-hydrogen) atoms. The van der Waals surface area contributed by atoms with Crippen molar-refractivity contribution in [1.82, 2.24) is 0 Å². The maximum atomic E-state index is 12.2. The Morgan fingerprint density at radius 3 is 1.16 bits per heavy atom. The minimum atomic E-state index is -1.02.